The number of fused-ring (bicyclic) bond motifs is 2. The van der Waals surface area contributed by atoms with E-state index < -0.39 is 0 Å². The molecule has 2 heterocycles. The lowest BCUT2D eigenvalue weighted by atomic mass is 10.00. The van der Waals surface area contributed by atoms with Crippen molar-refractivity contribution >= 4 is 17.6 Å². The predicted molar refractivity (Wildman–Crippen MR) is 66.2 cm³/mol. The van der Waals surface area contributed by atoms with Gasteiger partial charge < -0.3 is 4.90 Å². The molecular weight excluding hydrogens is 214 g/mol. The van der Waals surface area contributed by atoms with E-state index in [4.69, 9.17) is 0 Å². The summed E-state index contributed by atoms with van der Waals surface area (Å²) in [6.45, 7) is 6.89. The summed E-state index contributed by atoms with van der Waals surface area (Å²) in [6, 6.07) is 3.98. The SMILES string of the molecule is Cc1ccc2c(c1C)CN1C(=N2)NC(=O)C1C. The van der Waals surface area contributed by atoms with Gasteiger partial charge in [-0.05, 0) is 38.0 Å². The predicted octanol–water partition coefficient (Wildman–Crippen LogP) is 1.62. The molecule has 1 amide bonds. The standard InChI is InChI=1S/C13H15N3O/c1-7-4-5-11-10(8(7)2)6-16-9(3)12(17)15-13(16)14-11/h4-5,9H,6H2,1-3H3,(H,14,15,17). The number of nitrogens with one attached hydrogen (secondary N) is 1. The fourth-order valence-electron chi connectivity index (χ4n) is 2.36. The second-order valence-corrected chi connectivity index (χ2v) is 4.73. The highest BCUT2D eigenvalue weighted by Crippen LogP contribution is 2.32. The van der Waals surface area contributed by atoms with Crippen LogP contribution in [0.15, 0.2) is 17.1 Å². The average molecular weight is 229 g/mol. The minimum absolute atomic E-state index is 0.0333. The summed E-state index contributed by atoms with van der Waals surface area (Å²) in [7, 11) is 0. The molecule has 0 bridgehead atoms. The first-order valence-corrected chi connectivity index (χ1v) is 5.83. The Kier molecular flexibility index (Phi) is 2.02. The van der Waals surface area contributed by atoms with Crippen molar-refractivity contribution in [1.82, 2.24) is 10.2 Å². The van der Waals surface area contributed by atoms with Crippen LogP contribution in [0.5, 0.6) is 0 Å². The first-order valence-electron chi connectivity index (χ1n) is 5.83. The summed E-state index contributed by atoms with van der Waals surface area (Å²) in [4.78, 5) is 18.2. The van der Waals surface area contributed by atoms with Crippen molar-refractivity contribution in [2.45, 2.75) is 33.4 Å². The highest BCUT2D eigenvalue weighted by atomic mass is 16.2. The van der Waals surface area contributed by atoms with Crippen molar-refractivity contribution in [1.29, 1.82) is 0 Å². The number of nitrogens with zero attached hydrogens (tertiary/aromatic N) is 2. The number of hydrogen-bond donors (Lipinski definition) is 1. The zero-order valence-electron chi connectivity index (χ0n) is 10.2. The average Bonchev–Trinajstić information content (AvgIpc) is 2.58. The van der Waals surface area contributed by atoms with Crippen LogP contribution in [0.3, 0.4) is 0 Å². The molecule has 4 nitrogen and oxygen atoms in total. The van der Waals surface area contributed by atoms with E-state index in [1.165, 1.54) is 16.7 Å². The van der Waals surface area contributed by atoms with Crippen molar-refractivity contribution in [3.63, 3.8) is 0 Å². The van der Waals surface area contributed by atoms with E-state index in [2.05, 4.69) is 30.2 Å². The van der Waals surface area contributed by atoms with Crippen molar-refractivity contribution < 1.29 is 4.79 Å². The van der Waals surface area contributed by atoms with Gasteiger partial charge >= 0.3 is 0 Å². The Labute approximate surface area is 100 Å². The lowest BCUT2D eigenvalue weighted by Crippen LogP contribution is -2.35. The Balaban J connectivity index is 2.12. The van der Waals surface area contributed by atoms with E-state index in [1.54, 1.807) is 0 Å². The van der Waals surface area contributed by atoms with Crippen LogP contribution >= 0.6 is 0 Å². The van der Waals surface area contributed by atoms with Crippen LogP contribution in [-0.2, 0) is 11.3 Å². The summed E-state index contributed by atoms with van der Waals surface area (Å²) < 4.78 is 0. The third-order valence-corrected chi connectivity index (χ3v) is 3.75. The van der Waals surface area contributed by atoms with E-state index in [0.29, 0.717) is 5.96 Å². The molecule has 1 N–H and O–H groups in total. The normalized spacial score (nSPS) is 21.8. The molecule has 0 aliphatic carbocycles. The van der Waals surface area contributed by atoms with Crippen molar-refractivity contribution in [3.05, 3.63) is 28.8 Å². The molecule has 1 aromatic rings. The van der Waals surface area contributed by atoms with Gasteiger partial charge in [-0.1, -0.05) is 6.07 Å². The van der Waals surface area contributed by atoms with Gasteiger partial charge in [-0.25, -0.2) is 4.99 Å². The van der Waals surface area contributed by atoms with E-state index in [1.807, 2.05) is 17.9 Å². The fraction of sp³-hybridized carbons (Fsp3) is 0.385. The number of aliphatic imine (C=N–C) groups is 1. The van der Waals surface area contributed by atoms with Crippen molar-refractivity contribution in [2.75, 3.05) is 0 Å². The van der Waals surface area contributed by atoms with E-state index >= 15 is 0 Å². The van der Waals surface area contributed by atoms with Crippen LogP contribution in [0.2, 0.25) is 0 Å². The molecule has 2 aliphatic heterocycles. The second-order valence-electron chi connectivity index (χ2n) is 4.73. The molecule has 1 atom stereocenters. The van der Waals surface area contributed by atoms with Crippen LogP contribution in [0.1, 0.15) is 23.6 Å². The number of hydrogen-bond acceptors (Lipinski definition) is 3. The topological polar surface area (TPSA) is 44.7 Å². The fourth-order valence-corrected chi connectivity index (χ4v) is 2.36. The number of aryl methyl sites for hydroxylation is 1. The third kappa shape index (κ3) is 1.37. The number of rotatable bonds is 0. The summed E-state index contributed by atoms with van der Waals surface area (Å²) in [5.74, 6) is 0.726. The largest absolute Gasteiger partial charge is 0.326 e. The van der Waals surface area contributed by atoms with Crippen molar-refractivity contribution in [2.24, 2.45) is 4.99 Å². The Morgan fingerprint density at radius 2 is 2.18 bits per heavy atom. The van der Waals surface area contributed by atoms with Gasteiger partial charge in [0.05, 0.1) is 5.69 Å². The number of carbonyl (C=O) groups is 1. The molecule has 1 fully saturated rings. The minimum Gasteiger partial charge on any atom is -0.326 e. The van der Waals surface area contributed by atoms with Gasteiger partial charge in [0.25, 0.3) is 0 Å². The van der Waals surface area contributed by atoms with Crippen LogP contribution in [0.25, 0.3) is 0 Å². The molecule has 3 rings (SSSR count). The summed E-state index contributed by atoms with van der Waals surface area (Å²) in [5.41, 5.74) is 4.76. The van der Waals surface area contributed by atoms with E-state index in [9.17, 15) is 4.79 Å². The molecule has 1 unspecified atom stereocenters. The molecule has 1 saturated heterocycles. The highest BCUT2D eigenvalue weighted by molar-refractivity contribution is 6.07. The third-order valence-electron chi connectivity index (χ3n) is 3.75. The zero-order chi connectivity index (χ0) is 12.2. The molecule has 17 heavy (non-hydrogen) atoms. The smallest absolute Gasteiger partial charge is 0.249 e. The van der Waals surface area contributed by atoms with Gasteiger partial charge in [0.2, 0.25) is 11.9 Å². The van der Waals surface area contributed by atoms with Gasteiger partial charge in [-0.3, -0.25) is 10.1 Å². The van der Waals surface area contributed by atoms with E-state index in [0.717, 1.165) is 12.2 Å². The maximum Gasteiger partial charge on any atom is 0.249 e. The quantitative estimate of drug-likeness (QED) is 0.734. The van der Waals surface area contributed by atoms with Crippen LogP contribution in [-0.4, -0.2) is 22.8 Å². The maximum absolute atomic E-state index is 11.6. The monoisotopic (exact) mass is 229 g/mol. The number of amides is 1. The molecule has 0 saturated carbocycles. The Hall–Kier alpha value is -1.84. The summed E-state index contributed by atoms with van der Waals surface area (Å²) >= 11 is 0. The Bertz CT molecular complexity index is 548. The van der Waals surface area contributed by atoms with Crippen molar-refractivity contribution in [3.8, 4) is 0 Å². The highest BCUT2D eigenvalue weighted by Gasteiger charge is 2.36. The molecule has 1 aromatic carbocycles. The van der Waals surface area contributed by atoms with Crippen LogP contribution < -0.4 is 5.32 Å². The molecule has 88 valence electrons. The Morgan fingerprint density at radius 1 is 1.41 bits per heavy atom. The molecule has 4 heteroatoms. The lowest BCUT2D eigenvalue weighted by Gasteiger charge is -2.27. The van der Waals surface area contributed by atoms with Crippen LogP contribution in [0.4, 0.5) is 5.69 Å². The zero-order valence-corrected chi connectivity index (χ0v) is 10.2. The molecule has 0 radical (unpaired) electrons. The van der Waals surface area contributed by atoms with Gasteiger partial charge in [-0.15, -0.1) is 0 Å². The Morgan fingerprint density at radius 3 is 2.94 bits per heavy atom. The first kappa shape index (κ1) is 10.3. The molecule has 0 aromatic heterocycles. The molecular formula is C13H15N3O. The second kappa shape index (κ2) is 3.32. The van der Waals surface area contributed by atoms with Gasteiger partial charge in [-0.2, -0.15) is 0 Å². The van der Waals surface area contributed by atoms with E-state index in [-0.39, 0.29) is 11.9 Å². The lowest BCUT2D eigenvalue weighted by molar-refractivity contribution is -0.121. The number of guanidine groups is 1. The van der Waals surface area contributed by atoms with Gasteiger partial charge in [0.15, 0.2) is 0 Å². The first-order chi connectivity index (χ1) is 8.08. The number of benzene rings is 1. The minimum atomic E-state index is -0.123. The maximum atomic E-state index is 11.6. The molecule has 2 aliphatic rings. The molecule has 0 spiro atoms. The van der Waals surface area contributed by atoms with Gasteiger partial charge in [0.1, 0.15) is 6.04 Å². The summed E-state index contributed by atoms with van der Waals surface area (Å²) in [5, 5.41) is 2.82. The van der Waals surface area contributed by atoms with Crippen LogP contribution in [0, 0.1) is 13.8 Å². The number of carbonyl (C=O) groups excluding carboxylic acids is 1. The van der Waals surface area contributed by atoms with Gasteiger partial charge in [0, 0.05) is 12.1 Å². The summed E-state index contributed by atoms with van der Waals surface area (Å²) in [6.07, 6.45) is 0.